The monoisotopic (exact) mass is 310 g/mol. The van der Waals surface area contributed by atoms with Crippen LogP contribution >= 0.6 is 0 Å². The van der Waals surface area contributed by atoms with E-state index in [1.54, 1.807) is 6.07 Å². The van der Waals surface area contributed by atoms with Crippen LogP contribution in [0, 0.1) is 23.1 Å². The molecule has 2 aromatic rings. The summed E-state index contributed by atoms with van der Waals surface area (Å²) in [6, 6.07) is 10.8. The van der Waals surface area contributed by atoms with Crippen LogP contribution in [0.1, 0.15) is 30.8 Å². The molecule has 23 heavy (non-hydrogen) atoms. The van der Waals surface area contributed by atoms with E-state index < -0.39 is 11.7 Å². The van der Waals surface area contributed by atoms with Crippen LogP contribution in [0.3, 0.4) is 0 Å². The van der Waals surface area contributed by atoms with Crippen LogP contribution in [0.5, 0.6) is 0 Å². The number of carbonyl (C=O) groups is 1. The zero-order chi connectivity index (χ0) is 16.4. The van der Waals surface area contributed by atoms with E-state index in [-0.39, 0.29) is 5.57 Å². The van der Waals surface area contributed by atoms with Crippen molar-refractivity contribution >= 4 is 17.7 Å². The zero-order valence-electron chi connectivity index (χ0n) is 12.5. The molecule has 1 aliphatic rings. The van der Waals surface area contributed by atoms with Crippen molar-refractivity contribution in [1.82, 2.24) is 0 Å². The highest BCUT2D eigenvalue weighted by molar-refractivity contribution is 6.09. The molecule has 0 aliphatic heterocycles. The summed E-state index contributed by atoms with van der Waals surface area (Å²) >= 11 is 0. The molecule has 3 rings (SSSR count). The van der Waals surface area contributed by atoms with Gasteiger partial charge in [0, 0.05) is 17.7 Å². The van der Waals surface area contributed by atoms with Crippen molar-refractivity contribution in [3.63, 3.8) is 0 Å². The highest BCUT2D eigenvalue weighted by atomic mass is 19.1. The van der Waals surface area contributed by atoms with Gasteiger partial charge in [-0.2, -0.15) is 5.26 Å². The first-order chi connectivity index (χ1) is 11.1. The minimum atomic E-state index is -0.558. The molecule has 116 valence electrons. The molecule has 1 aliphatic carbocycles. The van der Waals surface area contributed by atoms with Crippen LogP contribution in [-0.2, 0) is 4.79 Å². The number of hydrogen-bond donors (Lipinski definition) is 1. The molecule has 0 spiro atoms. The average Bonchev–Trinajstić information content (AvgIpc) is 3.09. The lowest BCUT2D eigenvalue weighted by Gasteiger charge is -2.03. The van der Waals surface area contributed by atoms with E-state index in [1.807, 2.05) is 12.1 Å². The first-order valence-electron chi connectivity index (χ1n) is 7.35. The zero-order valence-corrected chi connectivity index (χ0v) is 12.5. The predicted octanol–water partition coefficient (Wildman–Crippen LogP) is 4.09. The SMILES string of the molecule is C[C@@H]1C[C@@H]1c1ccc(/C=C(\C#N)C(=O)Nc2ccc(F)cc2)o1. The van der Waals surface area contributed by atoms with Crippen molar-refractivity contribution < 1.29 is 13.6 Å². The maximum absolute atomic E-state index is 12.8. The van der Waals surface area contributed by atoms with Gasteiger partial charge in [0.05, 0.1) is 0 Å². The van der Waals surface area contributed by atoms with Crippen molar-refractivity contribution in [2.24, 2.45) is 5.92 Å². The van der Waals surface area contributed by atoms with Gasteiger partial charge in [-0.1, -0.05) is 6.92 Å². The lowest BCUT2D eigenvalue weighted by Crippen LogP contribution is -2.13. The second-order valence-corrected chi connectivity index (χ2v) is 5.69. The third kappa shape index (κ3) is 3.49. The number of carbonyl (C=O) groups excluding carboxylic acids is 1. The quantitative estimate of drug-likeness (QED) is 0.683. The number of rotatable bonds is 4. The molecule has 0 bridgehead atoms. The van der Waals surface area contributed by atoms with Crippen LogP contribution < -0.4 is 5.32 Å². The Bertz CT molecular complexity index is 799. The molecule has 0 unspecified atom stereocenters. The van der Waals surface area contributed by atoms with Crippen molar-refractivity contribution in [3.8, 4) is 6.07 Å². The summed E-state index contributed by atoms with van der Waals surface area (Å²) in [5.41, 5.74) is 0.351. The number of halogens is 1. The van der Waals surface area contributed by atoms with Gasteiger partial charge >= 0.3 is 0 Å². The molecule has 0 radical (unpaired) electrons. The van der Waals surface area contributed by atoms with E-state index in [9.17, 15) is 9.18 Å². The van der Waals surface area contributed by atoms with E-state index in [1.165, 1.54) is 30.3 Å². The predicted molar refractivity (Wildman–Crippen MR) is 83.8 cm³/mol. The molecule has 1 aromatic heterocycles. The Morgan fingerprint density at radius 1 is 1.35 bits per heavy atom. The third-order valence-electron chi connectivity index (χ3n) is 3.88. The second kappa shape index (κ2) is 6.09. The molecule has 0 saturated heterocycles. The molecule has 1 amide bonds. The largest absolute Gasteiger partial charge is 0.461 e. The number of amides is 1. The standard InChI is InChI=1S/C18H15FN2O2/c1-11-8-16(11)17-7-6-15(23-17)9-12(10-20)18(22)21-14-4-2-13(19)3-5-14/h2-7,9,11,16H,8H2,1H3,(H,21,22)/b12-9+/t11-,16+/m1/s1. The summed E-state index contributed by atoms with van der Waals surface area (Å²) < 4.78 is 18.5. The van der Waals surface area contributed by atoms with Gasteiger partial charge < -0.3 is 9.73 Å². The molecule has 1 heterocycles. The fourth-order valence-corrected chi connectivity index (χ4v) is 2.39. The molecule has 4 nitrogen and oxygen atoms in total. The molecule has 2 atom stereocenters. The van der Waals surface area contributed by atoms with Gasteiger partial charge in [-0.3, -0.25) is 4.79 Å². The van der Waals surface area contributed by atoms with E-state index in [2.05, 4.69) is 12.2 Å². The Kier molecular flexibility index (Phi) is 3.98. The number of nitrogens with zero attached hydrogens (tertiary/aromatic N) is 1. The Morgan fingerprint density at radius 2 is 2.04 bits per heavy atom. The van der Waals surface area contributed by atoms with Crippen LogP contribution in [0.25, 0.3) is 6.08 Å². The highest BCUT2D eigenvalue weighted by Crippen LogP contribution is 2.47. The van der Waals surface area contributed by atoms with Gasteiger partial charge in [-0.25, -0.2) is 4.39 Å². The topological polar surface area (TPSA) is 66.0 Å². The first kappa shape index (κ1) is 15.0. The summed E-state index contributed by atoms with van der Waals surface area (Å²) in [5, 5.41) is 11.7. The van der Waals surface area contributed by atoms with Crippen LogP contribution in [0.4, 0.5) is 10.1 Å². The average molecular weight is 310 g/mol. The minimum Gasteiger partial charge on any atom is -0.461 e. The highest BCUT2D eigenvalue weighted by Gasteiger charge is 2.36. The van der Waals surface area contributed by atoms with Crippen LogP contribution in [-0.4, -0.2) is 5.91 Å². The van der Waals surface area contributed by atoms with E-state index >= 15 is 0 Å². The van der Waals surface area contributed by atoms with E-state index in [0.29, 0.717) is 23.3 Å². The van der Waals surface area contributed by atoms with Crippen LogP contribution in [0.15, 0.2) is 46.4 Å². The number of hydrogen-bond acceptors (Lipinski definition) is 3. The van der Waals surface area contributed by atoms with Gasteiger partial charge in [0.2, 0.25) is 0 Å². The molecule has 1 fully saturated rings. The van der Waals surface area contributed by atoms with Crippen LogP contribution in [0.2, 0.25) is 0 Å². The van der Waals surface area contributed by atoms with Crippen molar-refractivity contribution in [2.75, 3.05) is 5.32 Å². The number of anilines is 1. The summed E-state index contributed by atoms with van der Waals surface area (Å²) in [4.78, 5) is 12.1. The summed E-state index contributed by atoms with van der Waals surface area (Å²) in [7, 11) is 0. The number of nitrogens with one attached hydrogen (secondary N) is 1. The third-order valence-corrected chi connectivity index (χ3v) is 3.88. The van der Waals surface area contributed by atoms with E-state index in [0.717, 1.165) is 12.2 Å². The molecule has 1 saturated carbocycles. The van der Waals surface area contributed by atoms with Crippen molar-refractivity contribution in [2.45, 2.75) is 19.3 Å². The van der Waals surface area contributed by atoms with Gasteiger partial charge in [0.1, 0.15) is 29.0 Å². The molecule has 5 heteroatoms. The maximum atomic E-state index is 12.8. The lowest BCUT2D eigenvalue weighted by molar-refractivity contribution is -0.112. The van der Waals surface area contributed by atoms with Crippen molar-refractivity contribution in [1.29, 1.82) is 5.26 Å². The normalized spacial score (nSPS) is 20.0. The number of nitriles is 1. The van der Waals surface area contributed by atoms with Gasteiger partial charge in [-0.15, -0.1) is 0 Å². The maximum Gasteiger partial charge on any atom is 0.266 e. The van der Waals surface area contributed by atoms with Crippen molar-refractivity contribution in [3.05, 3.63) is 59.3 Å². The Labute approximate surface area is 133 Å². The van der Waals surface area contributed by atoms with Gasteiger partial charge in [0.25, 0.3) is 5.91 Å². The Hall–Kier alpha value is -2.87. The number of benzene rings is 1. The lowest BCUT2D eigenvalue weighted by atomic mass is 10.2. The van der Waals surface area contributed by atoms with Gasteiger partial charge in [0.15, 0.2) is 0 Å². The smallest absolute Gasteiger partial charge is 0.266 e. The molecular weight excluding hydrogens is 295 g/mol. The summed E-state index contributed by atoms with van der Waals surface area (Å²) in [6.45, 7) is 2.15. The minimum absolute atomic E-state index is 0.0703. The Balaban J connectivity index is 1.73. The van der Waals surface area contributed by atoms with E-state index in [4.69, 9.17) is 9.68 Å². The summed E-state index contributed by atoms with van der Waals surface area (Å²) in [5.74, 6) is 1.48. The van der Waals surface area contributed by atoms with Gasteiger partial charge in [-0.05, 0) is 48.7 Å². The molecule has 1 aromatic carbocycles. The Morgan fingerprint density at radius 3 is 2.65 bits per heavy atom. The number of furan rings is 1. The second-order valence-electron chi connectivity index (χ2n) is 5.69. The summed E-state index contributed by atoms with van der Waals surface area (Å²) in [6.07, 6.45) is 2.52. The fraction of sp³-hybridized carbons (Fsp3) is 0.222. The molecular formula is C18H15FN2O2. The fourth-order valence-electron chi connectivity index (χ4n) is 2.39. The molecule has 1 N–H and O–H groups in total. The first-order valence-corrected chi connectivity index (χ1v) is 7.35.